The van der Waals surface area contributed by atoms with Gasteiger partial charge in [-0.2, -0.15) is 0 Å². The zero-order chi connectivity index (χ0) is 21.9. The minimum atomic E-state index is 0.164. The van der Waals surface area contributed by atoms with Crippen LogP contribution in [-0.2, 0) is 0 Å². The Labute approximate surface area is 191 Å². The van der Waals surface area contributed by atoms with Crippen molar-refractivity contribution in [2.24, 2.45) is 0 Å². The molecule has 0 aliphatic heterocycles. The average molecular weight is 436 g/mol. The van der Waals surface area contributed by atoms with E-state index < -0.39 is 0 Å². The van der Waals surface area contributed by atoms with E-state index in [4.69, 9.17) is 11.6 Å². The second-order valence-corrected chi connectivity index (χ2v) is 9.19. The molecule has 0 spiro atoms. The van der Waals surface area contributed by atoms with Gasteiger partial charge in [-0.25, -0.2) is 0 Å². The van der Waals surface area contributed by atoms with Crippen molar-refractivity contribution >= 4 is 17.5 Å². The van der Waals surface area contributed by atoms with Crippen LogP contribution in [0.25, 0.3) is 0 Å². The lowest BCUT2D eigenvalue weighted by Gasteiger charge is -2.23. The third-order valence-corrected chi connectivity index (χ3v) is 6.19. The van der Waals surface area contributed by atoms with Gasteiger partial charge in [-0.05, 0) is 37.1 Å². The molecule has 30 heavy (non-hydrogen) atoms. The van der Waals surface area contributed by atoms with Gasteiger partial charge in [-0.1, -0.05) is 115 Å². The summed E-state index contributed by atoms with van der Waals surface area (Å²) in [6, 6.07) is 7.36. The summed E-state index contributed by atoms with van der Waals surface area (Å²) in [7, 11) is 0. The number of nitrogens with zero attached hydrogens (tertiary/aromatic N) is 1. The predicted octanol–water partition coefficient (Wildman–Crippen LogP) is 9.06. The van der Waals surface area contributed by atoms with Crippen molar-refractivity contribution in [2.75, 3.05) is 13.1 Å². The van der Waals surface area contributed by atoms with Gasteiger partial charge in [-0.3, -0.25) is 4.79 Å². The summed E-state index contributed by atoms with van der Waals surface area (Å²) in [6.07, 6.45) is 20.8. The first-order valence-corrected chi connectivity index (χ1v) is 13.1. The molecule has 0 aromatic heterocycles. The zero-order valence-electron chi connectivity index (χ0n) is 19.8. The van der Waals surface area contributed by atoms with Crippen LogP contribution in [-0.4, -0.2) is 23.9 Å². The van der Waals surface area contributed by atoms with Gasteiger partial charge in [0.25, 0.3) is 5.91 Å². The molecule has 0 atom stereocenters. The van der Waals surface area contributed by atoms with Gasteiger partial charge >= 0.3 is 0 Å². The molecule has 0 N–H and O–H groups in total. The topological polar surface area (TPSA) is 20.3 Å². The fourth-order valence-electron chi connectivity index (χ4n) is 3.96. The first kappa shape index (κ1) is 27.0. The van der Waals surface area contributed by atoms with Crippen LogP contribution in [0.15, 0.2) is 24.3 Å². The Morgan fingerprint density at radius 2 is 1.00 bits per heavy atom. The molecule has 0 radical (unpaired) electrons. The Kier molecular flexibility index (Phi) is 16.9. The van der Waals surface area contributed by atoms with E-state index in [0.717, 1.165) is 31.5 Å². The van der Waals surface area contributed by atoms with E-state index >= 15 is 0 Å². The van der Waals surface area contributed by atoms with Gasteiger partial charge in [-0.15, -0.1) is 0 Å². The van der Waals surface area contributed by atoms with Crippen molar-refractivity contribution in [2.45, 2.75) is 117 Å². The summed E-state index contributed by atoms with van der Waals surface area (Å²) in [5, 5.41) is 0.684. The summed E-state index contributed by atoms with van der Waals surface area (Å²) in [5.41, 5.74) is 0.763. The highest BCUT2D eigenvalue weighted by Crippen LogP contribution is 2.15. The van der Waals surface area contributed by atoms with Crippen LogP contribution in [0.1, 0.15) is 127 Å². The number of hydrogen-bond donors (Lipinski definition) is 0. The summed E-state index contributed by atoms with van der Waals surface area (Å²) < 4.78 is 0. The molecule has 1 amide bonds. The molecule has 0 saturated heterocycles. The molecular weight excluding hydrogens is 390 g/mol. The average Bonchev–Trinajstić information content (AvgIpc) is 2.76. The highest BCUT2D eigenvalue weighted by Gasteiger charge is 2.15. The SMILES string of the molecule is CCCCCCCCCCN(CCCCCCCCCC)C(=O)c1ccc(Cl)cc1. The molecule has 1 aromatic carbocycles. The van der Waals surface area contributed by atoms with Crippen LogP contribution in [0, 0.1) is 0 Å². The van der Waals surface area contributed by atoms with Crippen LogP contribution >= 0.6 is 11.6 Å². The summed E-state index contributed by atoms with van der Waals surface area (Å²) in [4.78, 5) is 15.1. The van der Waals surface area contributed by atoms with E-state index in [0.29, 0.717) is 5.02 Å². The van der Waals surface area contributed by atoms with E-state index in [2.05, 4.69) is 18.7 Å². The summed E-state index contributed by atoms with van der Waals surface area (Å²) in [5.74, 6) is 0.164. The normalized spacial score (nSPS) is 11.0. The molecule has 0 bridgehead atoms. The molecule has 0 fully saturated rings. The minimum Gasteiger partial charge on any atom is -0.339 e. The first-order valence-electron chi connectivity index (χ1n) is 12.7. The lowest BCUT2D eigenvalue weighted by molar-refractivity contribution is 0.0749. The lowest BCUT2D eigenvalue weighted by atomic mass is 10.1. The van der Waals surface area contributed by atoms with Gasteiger partial charge in [0.2, 0.25) is 0 Å². The fourth-order valence-corrected chi connectivity index (χ4v) is 4.09. The quantitative estimate of drug-likeness (QED) is 0.198. The minimum absolute atomic E-state index is 0.164. The molecule has 1 rings (SSSR count). The van der Waals surface area contributed by atoms with Crippen molar-refractivity contribution < 1.29 is 4.79 Å². The molecule has 3 heteroatoms. The monoisotopic (exact) mass is 435 g/mol. The van der Waals surface area contributed by atoms with Crippen molar-refractivity contribution in [3.8, 4) is 0 Å². The summed E-state index contributed by atoms with van der Waals surface area (Å²) >= 11 is 6.00. The number of unbranched alkanes of at least 4 members (excludes halogenated alkanes) is 14. The molecular formula is C27H46ClNO. The van der Waals surface area contributed by atoms with E-state index in [1.54, 1.807) is 0 Å². The molecule has 1 aromatic rings. The Bertz CT molecular complexity index is 508. The van der Waals surface area contributed by atoms with Crippen LogP contribution in [0.3, 0.4) is 0 Å². The smallest absolute Gasteiger partial charge is 0.253 e. The first-order chi connectivity index (χ1) is 14.7. The van der Waals surface area contributed by atoms with E-state index in [9.17, 15) is 4.79 Å². The van der Waals surface area contributed by atoms with Crippen molar-refractivity contribution in [3.05, 3.63) is 34.9 Å². The second kappa shape index (κ2) is 18.7. The van der Waals surface area contributed by atoms with E-state index in [1.807, 2.05) is 24.3 Å². The van der Waals surface area contributed by atoms with Gasteiger partial charge in [0.05, 0.1) is 0 Å². The molecule has 0 heterocycles. The number of benzene rings is 1. The zero-order valence-corrected chi connectivity index (χ0v) is 20.5. The van der Waals surface area contributed by atoms with Gasteiger partial charge < -0.3 is 4.90 Å². The van der Waals surface area contributed by atoms with Crippen LogP contribution in [0.2, 0.25) is 5.02 Å². The number of rotatable bonds is 19. The van der Waals surface area contributed by atoms with Gasteiger partial charge in [0, 0.05) is 23.7 Å². The molecule has 0 unspecified atom stereocenters. The highest BCUT2D eigenvalue weighted by molar-refractivity contribution is 6.30. The fraction of sp³-hybridized carbons (Fsp3) is 0.741. The second-order valence-electron chi connectivity index (χ2n) is 8.75. The Morgan fingerprint density at radius 1 is 0.633 bits per heavy atom. The lowest BCUT2D eigenvalue weighted by Crippen LogP contribution is -2.33. The maximum Gasteiger partial charge on any atom is 0.253 e. The molecule has 0 aliphatic rings. The van der Waals surface area contributed by atoms with Gasteiger partial charge in [0.15, 0.2) is 0 Å². The molecule has 0 saturated carbocycles. The van der Waals surface area contributed by atoms with E-state index in [-0.39, 0.29) is 5.91 Å². The van der Waals surface area contributed by atoms with Crippen LogP contribution < -0.4 is 0 Å². The van der Waals surface area contributed by atoms with Crippen LogP contribution in [0.5, 0.6) is 0 Å². The van der Waals surface area contributed by atoms with Crippen molar-refractivity contribution in [1.29, 1.82) is 0 Å². The largest absolute Gasteiger partial charge is 0.339 e. The number of hydrogen-bond acceptors (Lipinski definition) is 1. The van der Waals surface area contributed by atoms with Crippen LogP contribution in [0.4, 0.5) is 0 Å². The number of carbonyl (C=O) groups is 1. The third kappa shape index (κ3) is 13.3. The third-order valence-electron chi connectivity index (χ3n) is 5.94. The molecule has 172 valence electrons. The number of amides is 1. The standard InChI is InChI=1S/C27H46ClNO/c1-3-5-7-9-11-13-15-17-23-29(24-18-16-14-12-10-8-6-4-2)27(30)25-19-21-26(28)22-20-25/h19-22H,3-18,23-24H2,1-2H3. The number of halogens is 1. The number of carbonyl (C=O) groups excluding carboxylic acids is 1. The van der Waals surface area contributed by atoms with Crippen molar-refractivity contribution in [1.82, 2.24) is 4.90 Å². The molecule has 2 nitrogen and oxygen atoms in total. The van der Waals surface area contributed by atoms with Crippen molar-refractivity contribution in [3.63, 3.8) is 0 Å². The van der Waals surface area contributed by atoms with Gasteiger partial charge in [0.1, 0.15) is 0 Å². The maximum absolute atomic E-state index is 13.0. The summed E-state index contributed by atoms with van der Waals surface area (Å²) in [6.45, 7) is 6.29. The molecule has 0 aliphatic carbocycles. The van der Waals surface area contributed by atoms with E-state index in [1.165, 1.54) is 89.9 Å². The highest BCUT2D eigenvalue weighted by atomic mass is 35.5. The Balaban J connectivity index is 2.35. The predicted molar refractivity (Wildman–Crippen MR) is 133 cm³/mol. The Morgan fingerprint density at radius 3 is 1.40 bits per heavy atom. The Hall–Kier alpha value is -1.02. The maximum atomic E-state index is 13.0.